The Bertz CT molecular complexity index is 710. The number of halogens is 1. The summed E-state index contributed by atoms with van der Waals surface area (Å²) in [5, 5.41) is 22.0. The third-order valence-corrected chi connectivity index (χ3v) is 2.94. The number of nitrogens with zero attached hydrogens (tertiary/aromatic N) is 2. The van der Waals surface area contributed by atoms with Crippen LogP contribution in [-0.2, 0) is 0 Å². The number of nitro groups is 2. The summed E-state index contributed by atoms with van der Waals surface area (Å²) < 4.78 is 0. The predicted molar refractivity (Wildman–Crippen MR) is 74.6 cm³/mol. The molecule has 2 aromatic carbocycles. The van der Waals surface area contributed by atoms with Gasteiger partial charge < -0.3 is 0 Å². The first-order chi connectivity index (χ1) is 9.88. The summed E-state index contributed by atoms with van der Waals surface area (Å²) in [4.78, 5) is 32.2. The summed E-state index contributed by atoms with van der Waals surface area (Å²) in [6.45, 7) is 0. The molecule has 8 heteroatoms. The molecule has 2 rings (SSSR count). The smallest absolute Gasteiger partial charge is 0.277 e. The highest BCUT2D eigenvalue weighted by Crippen LogP contribution is 2.24. The Morgan fingerprint density at radius 1 is 0.857 bits per heavy atom. The zero-order chi connectivity index (χ0) is 15.6. The van der Waals surface area contributed by atoms with Crippen LogP contribution in [0.4, 0.5) is 11.4 Å². The Balaban J connectivity index is 2.51. The van der Waals surface area contributed by atoms with Crippen LogP contribution in [0.3, 0.4) is 0 Å². The fourth-order valence-electron chi connectivity index (χ4n) is 1.71. The minimum Gasteiger partial charge on any atom is -0.289 e. The van der Waals surface area contributed by atoms with Crippen molar-refractivity contribution in [1.29, 1.82) is 0 Å². The van der Waals surface area contributed by atoms with E-state index in [4.69, 9.17) is 11.6 Å². The van der Waals surface area contributed by atoms with E-state index in [0.29, 0.717) is 5.02 Å². The van der Waals surface area contributed by atoms with Gasteiger partial charge in [0.1, 0.15) is 0 Å². The molecule has 0 amide bonds. The molecule has 0 heterocycles. The molecular formula is C13H7ClN2O5. The maximum Gasteiger partial charge on any atom is 0.277 e. The van der Waals surface area contributed by atoms with E-state index in [2.05, 4.69) is 0 Å². The van der Waals surface area contributed by atoms with Gasteiger partial charge in [0.25, 0.3) is 11.4 Å². The summed E-state index contributed by atoms with van der Waals surface area (Å²) in [5.74, 6) is -0.557. The lowest BCUT2D eigenvalue weighted by atomic mass is 10.0. The maximum absolute atomic E-state index is 12.2. The summed E-state index contributed by atoms with van der Waals surface area (Å²) >= 11 is 5.71. The fourth-order valence-corrected chi connectivity index (χ4v) is 1.83. The van der Waals surface area contributed by atoms with Gasteiger partial charge in [-0.15, -0.1) is 0 Å². The van der Waals surface area contributed by atoms with E-state index >= 15 is 0 Å². The van der Waals surface area contributed by atoms with Crippen LogP contribution in [0.25, 0.3) is 0 Å². The Labute approximate surface area is 123 Å². The van der Waals surface area contributed by atoms with Gasteiger partial charge in [0.2, 0.25) is 0 Å². The zero-order valence-corrected chi connectivity index (χ0v) is 11.1. The molecule has 0 unspecified atom stereocenters. The molecule has 2 aromatic rings. The second-order valence-corrected chi connectivity index (χ2v) is 4.52. The Morgan fingerprint density at radius 3 is 1.76 bits per heavy atom. The van der Waals surface area contributed by atoms with Gasteiger partial charge >= 0.3 is 0 Å². The average molecular weight is 307 g/mol. The molecule has 21 heavy (non-hydrogen) atoms. The van der Waals surface area contributed by atoms with Crippen molar-refractivity contribution < 1.29 is 14.6 Å². The molecule has 0 aliphatic carbocycles. The second kappa shape index (κ2) is 5.68. The average Bonchev–Trinajstić information content (AvgIpc) is 2.46. The van der Waals surface area contributed by atoms with Crippen LogP contribution < -0.4 is 0 Å². The fraction of sp³-hybridized carbons (Fsp3) is 0. The van der Waals surface area contributed by atoms with E-state index in [0.717, 1.165) is 18.2 Å². The van der Waals surface area contributed by atoms with Crippen LogP contribution in [0.2, 0.25) is 5.02 Å². The summed E-state index contributed by atoms with van der Waals surface area (Å²) in [6, 6.07) is 8.66. The maximum atomic E-state index is 12.2. The molecule has 0 aliphatic rings. The first-order valence-corrected chi connectivity index (χ1v) is 6.00. The van der Waals surface area contributed by atoms with Crippen molar-refractivity contribution in [3.8, 4) is 0 Å². The lowest BCUT2D eigenvalue weighted by molar-refractivity contribution is -0.394. The molecule has 0 spiro atoms. The standard InChI is InChI=1S/C13H7ClN2O5/c14-10-3-1-8(2-4-10)13(17)9-5-11(15(18)19)7-12(6-9)16(20)21/h1-7H. The highest BCUT2D eigenvalue weighted by molar-refractivity contribution is 6.30. The molecule has 0 saturated heterocycles. The van der Waals surface area contributed by atoms with E-state index in [1.165, 1.54) is 24.3 Å². The number of carbonyl (C=O) groups is 1. The molecule has 0 radical (unpaired) electrons. The summed E-state index contributed by atoms with van der Waals surface area (Å²) in [7, 11) is 0. The van der Waals surface area contributed by atoms with Crippen molar-refractivity contribution >= 4 is 28.8 Å². The van der Waals surface area contributed by atoms with E-state index < -0.39 is 27.0 Å². The minimum atomic E-state index is -0.786. The van der Waals surface area contributed by atoms with Crippen LogP contribution in [0.5, 0.6) is 0 Å². The highest BCUT2D eigenvalue weighted by Gasteiger charge is 2.20. The van der Waals surface area contributed by atoms with Gasteiger partial charge in [0.05, 0.1) is 15.9 Å². The highest BCUT2D eigenvalue weighted by atomic mass is 35.5. The van der Waals surface area contributed by atoms with Gasteiger partial charge in [-0.3, -0.25) is 25.0 Å². The molecule has 0 aromatic heterocycles. The third kappa shape index (κ3) is 3.21. The quantitative estimate of drug-likeness (QED) is 0.489. The van der Waals surface area contributed by atoms with E-state index in [-0.39, 0.29) is 11.1 Å². The lowest BCUT2D eigenvalue weighted by Gasteiger charge is -2.02. The molecule has 106 valence electrons. The zero-order valence-electron chi connectivity index (χ0n) is 10.4. The minimum absolute atomic E-state index is 0.127. The van der Waals surface area contributed by atoms with Gasteiger partial charge in [0.15, 0.2) is 5.78 Å². The first kappa shape index (κ1) is 14.6. The van der Waals surface area contributed by atoms with E-state index in [9.17, 15) is 25.0 Å². The number of hydrogen-bond donors (Lipinski definition) is 0. The van der Waals surface area contributed by atoms with Gasteiger partial charge in [-0.2, -0.15) is 0 Å². The molecular weight excluding hydrogens is 300 g/mol. The van der Waals surface area contributed by atoms with Crippen molar-refractivity contribution in [2.45, 2.75) is 0 Å². The summed E-state index contributed by atoms with van der Waals surface area (Å²) in [5.41, 5.74) is -0.921. The molecule has 0 N–H and O–H groups in total. The van der Waals surface area contributed by atoms with Crippen molar-refractivity contribution in [2.24, 2.45) is 0 Å². The van der Waals surface area contributed by atoms with E-state index in [1.54, 1.807) is 0 Å². The normalized spacial score (nSPS) is 10.1. The second-order valence-electron chi connectivity index (χ2n) is 4.09. The topological polar surface area (TPSA) is 103 Å². The molecule has 0 aliphatic heterocycles. The van der Waals surface area contributed by atoms with Crippen LogP contribution >= 0.6 is 11.6 Å². The van der Waals surface area contributed by atoms with Gasteiger partial charge in [0, 0.05) is 28.3 Å². The number of hydrogen-bond acceptors (Lipinski definition) is 5. The van der Waals surface area contributed by atoms with Crippen molar-refractivity contribution in [2.75, 3.05) is 0 Å². The number of benzene rings is 2. The molecule has 0 saturated carbocycles. The number of ketones is 1. The van der Waals surface area contributed by atoms with Crippen LogP contribution in [0, 0.1) is 20.2 Å². The van der Waals surface area contributed by atoms with Gasteiger partial charge in [-0.1, -0.05) is 11.6 Å². The molecule has 0 bridgehead atoms. The Hall–Kier alpha value is -2.80. The number of carbonyl (C=O) groups excluding carboxylic acids is 1. The number of rotatable bonds is 4. The largest absolute Gasteiger partial charge is 0.289 e. The SMILES string of the molecule is O=C(c1ccc(Cl)cc1)c1cc([N+](=O)[O-])cc([N+](=O)[O-])c1. The first-order valence-electron chi connectivity index (χ1n) is 5.62. The van der Waals surface area contributed by atoms with Crippen molar-refractivity contribution in [3.05, 3.63) is 78.8 Å². The lowest BCUT2D eigenvalue weighted by Crippen LogP contribution is -2.03. The molecule has 0 atom stereocenters. The monoisotopic (exact) mass is 306 g/mol. The van der Waals surface area contributed by atoms with Gasteiger partial charge in [-0.05, 0) is 24.3 Å². The van der Waals surface area contributed by atoms with Crippen molar-refractivity contribution in [1.82, 2.24) is 0 Å². The number of non-ortho nitro benzene ring substituents is 2. The summed E-state index contributed by atoms with van der Waals surface area (Å²) in [6.07, 6.45) is 0. The predicted octanol–water partition coefficient (Wildman–Crippen LogP) is 3.39. The Kier molecular flexibility index (Phi) is 3.95. The van der Waals surface area contributed by atoms with Crippen LogP contribution in [0.1, 0.15) is 15.9 Å². The molecule has 0 fully saturated rings. The third-order valence-electron chi connectivity index (χ3n) is 2.69. The van der Waals surface area contributed by atoms with Crippen molar-refractivity contribution in [3.63, 3.8) is 0 Å². The molecule has 7 nitrogen and oxygen atoms in total. The van der Waals surface area contributed by atoms with Gasteiger partial charge in [-0.25, -0.2) is 0 Å². The number of nitro benzene ring substituents is 2. The van der Waals surface area contributed by atoms with Crippen LogP contribution in [-0.4, -0.2) is 15.6 Å². The van der Waals surface area contributed by atoms with Crippen LogP contribution in [0.15, 0.2) is 42.5 Å². The van der Waals surface area contributed by atoms with E-state index in [1.807, 2.05) is 0 Å². The Morgan fingerprint density at radius 2 is 1.33 bits per heavy atom.